The highest BCUT2D eigenvalue weighted by Gasteiger charge is 2.30. The zero-order valence-electron chi connectivity index (χ0n) is 15.7. The molecule has 0 heterocycles. The summed E-state index contributed by atoms with van der Waals surface area (Å²) in [6.07, 6.45) is 2.33. The summed E-state index contributed by atoms with van der Waals surface area (Å²) in [7, 11) is 0. The molecule has 1 saturated carbocycles. The van der Waals surface area contributed by atoms with Gasteiger partial charge in [0.25, 0.3) is 0 Å². The number of Topliss-reactive ketones (excluding diaryl/α,β-unsaturated/α-hetero) is 1. The first-order valence-electron chi connectivity index (χ1n) is 9.41. The van der Waals surface area contributed by atoms with Crippen LogP contribution >= 0.6 is 0 Å². The minimum absolute atomic E-state index is 0.0579. The van der Waals surface area contributed by atoms with E-state index < -0.39 is 5.82 Å². The number of anilines is 2. The van der Waals surface area contributed by atoms with Gasteiger partial charge in [0.15, 0.2) is 5.78 Å². The standard InChI is InChI=1S/C22H23FN2O3/c1-14(26)17-5-4-6-18(13-17)24-21(27)15-9-11-16(12-10-15)22(28)25-20-8-3-2-7-19(20)23/h2-8,13,15-16H,9-12H2,1H3,(H,24,27)(H,25,28). The zero-order valence-corrected chi connectivity index (χ0v) is 15.7. The molecule has 0 bridgehead atoms. The van der Waals surface area contributed by atoms with Gasteiger partial charge in [0.05, 0.1) is 5.69 Å². The van der Waals surface area contributed by atoms with Crippen LogP contribution in [0.4, 0.5) is 15.8 Å². The quantitative estimate of drug-likeness (QED) is 0.752. The molecule has 1 aliphatic carbocycles. The second kappa shape index (κ2) is 8.78. The van der Waals surface area contributed by atoms with Crippen molar-refractivity contribution in [2.45, 2.75) is 32.6 Å². The molecule has 0 aromatic heterocycles. The SMILES string of the molecule is CC(=O)c1cccc(NC(=O)C2CCC(C(=O)Nc3ccccc3F)CC2)c1. The maximum atomic E-state index is 13.7. The highest BCUT2D eigenvalue weighted by atomic mass is 19.1. The van der Waals surface area contributed by atoms with Crippen LogP contribution in [0.3, 0.4) is 0 Å². The minimum Gasteiger partial charge on any atom is -0.326 e. The lowest BCUT2D eigenvalue weighted by Crippen LogP contribution is -2.32. The molecule has 0 atom stereocenters. The Morgan fingerprint density at radius 3 is 2.07 bits per heavy atom. The van der Waals surface area contributed by atoms with Crippen molar-refractivity contribution in [3.63, 3.8) is 0 Å². The van der Waals surface area contributed by atoms with E-state index in [2.05, 4.69) is 10.6 Å². The van der Waals surface area contributed by atoms with Gasteiger partial charge in [-0.05, 0) is 56.9 Å². The molecule has 1 aliphatic rings. The van der Waals surface area contributed by atoms with Crippen molar-refractivity contribution >= 4 is 29.0 Å². The Labute approximate surface area is 163 Å². The summed E-state index contributed by atoms with van der Waals surface area (Å²) in [5, 5.41) is 5.49. The molecule has 146 valence electrons. The first-order chi connectivity index (χ1) is 13.4. The van der Waals surface area contributed by atoms with Crippen molar-refractivity contribution in [1.82, 2.24) is 0 Å². The lowest BCUT2D eigenvalue weighted by molar-refractivity contribution is -0.125. The predicted octanol–water partition coefficient (Wildman–Crippen LogP) is 4.41. The number of nitrogens with one attached hydrogen (secondary N) is 2. The number of para-hydroxylation sites is 1. The number of halogens is 1. The van der Waals surface area contributed by atoms with E-state index in [0.29, 0.717) is 36.9 Å². The lowest BCUT2D eigenvalue weighted by atomic mass is 9.81. The van der Waals surface area contributed by atoms with Crippen molar-refractivity contribution in [3.05, 3.63) is 59.9 Å². The molecule has 28 heavy (non-hydrogen) atoms. The third-order valence-corrected chi connectivity index (χ3v) is 5.14. The molecule has 3 rings (SSSR count). The van der Waals surface area contributed by atoms with Crippen molar-refractivity contribution in [3.8, 4) is 0 Å². The van der Waals surface area contributed by atoms with Crippen LogP contribution in [0.15, 0.2) is 48.5 Å². The number of amides is 2. The van der Waals surface area contributed by atoms with Crippen LogP contribution in [-0.2, 0) is 9.59 Å². The molecule has 2 amide bonds. The van der Waals surface area contributed by atoms with Gasteiger partial charge in [-0.15, -0.1) is 0 Å². The predicted molar refractivity (Wildman–Crippen MR) is 106 cm³/mol. The molecule has 2 aromatic rings. The van der Waals surface area contributed by atoms with Crippen LogP contribution in [-0.4, -0.2) is 17.6 Å². The third kappa shape index (κ3) is 4.82. The average molecular weight is 382 g/mol. The zero-order chi connectivity index (χ0) is 20.1. The van der Waals surface area contributed by atoms with E-state index in [9.17, 15) is 18.8 Å². The van der Waals surface area contributed by atoms with Crippen LogP contribution in [0.1, 0.15) is 43.0 Å². The van der Waals surface area contributed by atoms with E-state index in [4.69, 9.17) is 0 Å². The van der Waals surface area contributed by atoms with E-state index in [0.717, 1.165) is 0 Å². The molecule has 0 saturated heterocycles. The first-order valence-corrected chi connectivity index (χ1v) is 9.41. The van der Waals surface area contributed by atoms with Crippen LogP contribution in [0.25, 0.3) is 0 Å². The maximum absolute atomic E-state index is 13.7. The van der Waals surface area contributed by atoms with E-state index in [1.165, 1.54) is 19.1 Å². The molecular weight excluding hydrogens is 359 g/mol. The lowest BCUT2D eigenvalue weighted by Gasteiger charge is -2.27. The Kier molecular flexibility index (Phi) is 6.19. The molecule has 6 heteroatoms. The van der Waals surface area contributed by atoms with Crippen molar-refractivity contribution < 1.29 is 18.8 Å². The molecule has 0 aliphatic heterocycles. The van der Waals surface area contributed by atoms with E-state index in [1.807, 2.05) is 0 Å². The highest BCUT2D eigenvalue weighted by Crippen LogP contribution is 2.31. The molecule has 2 aromatic carbocycles. The summed E-state index contributed by atoms with van der Waals surface area (Å²) in [5.41, 5.74) is 1.32. The van der Waals surface area contributed by atoms with Crippen molar-refractivity contribution in [2.24, 2.45) is 11.8 Å². The minimum atomic E-state index is -0.461. The summed E-state index contributed by atoms with van der Waals surface area (Å²) in [6.45, 7) is 1.48. The third-order valence-electron chi connectivity index (χ3n) is 5.14. The molecular formula is C22H23FN2O3. The smallest absolute Gasteiger partial charge is 0.227 e. The maximum Gasteiger partial charge on any atom is 0.227 e. The summed E-state index contributed by atoms with van der Waals surface area (Å²) < 4.78 is 13.7. The Bertz CT molecular complexity index is 889. The topological polar surface area (TPSA) is 75.3 Å². The number of hydrogen-bond donors (Lipinski definition) is 2. The molecule has 2 N–H and O–H groups in total. The van der Waals surface area contributed by atoms with Gasteiger partial charge >= 0.3 is 0 Å². The summed E-state index contributed by atoms with van der Waals surface area (Å²) in [6, 6.07) is 12.9. The number of benzene rings is 2. The van der Waals surface area contributed by atoms with Crippen molar-refractivity contribution in [2.75, 3.05) is 10.6 Å². The fraction of sp³-hybridized carbons (Fsp3) is 0.318. The first kappa shape index (κ1) is 19.7. The molecule has 5 nitrogen and oxygen atoms in total. The fourth-order valence-electron chi connectivity index (χ4n) is 3.48. The second-order valence-corrected chi connectivity index (χ2v) is 7.14. The van der Waals surface area contributed by atoms with E-state index in [-0.39, 0.29) is 35.1 Å². The normalized spacial score (nSPS) is 18.9. The Balaban J connectivity index is 1.52. The second-order valence-electron chi connectivity index (χ2n) is 7.14. The average Bonchev–Trinajstić information content (AvgIpc) is 2.70. The number of hydrogen-bond acceptors (Lipinski definition) is 3. The number of ketones is 1. The Morgan fingerprint density at radius 2 is 1.46 bits per heavy atom. The van der Waals surface area contributed by atoms with Gasteiger partial charge in [0.2, 0.25) is 11.8 Å². The highest BCUT2D eigenvalue weighted by molar-refractivity contribution is 5.98. The van der Waals surface area contributed by atoms with Gasteiger partial charge < -0.3 is 10.6 Å². The number of carbonyl (C=O) groups excluding carboxylic acids is 3. The Hall–Kier alpha value is -3.02. The molecule has 0 unspecified atom stereocenters. The number of carbonyl (C=O) groups is 3. The van der Waals surface area contributed by atoms with Crippen LogP contribution in [0.2, 0.25) is 0 Å². The largest absolute Gasteiger partial charge is 0.326 e. The van der Waals surface area contributed by atoms with Crippen LogP contribution < -0.4 is 10.6 Å². The number of rotatable bonds is 5. The van der Waals surface area contributed by atoms with Gasteiger partial charge in [0.1, 0.15) is 5.82 Å². The molecule has 0 spiro atoms. The molecule has 1 fully saturated rings. The van der Waals surface area contributed by atoms with E-state index in [1.54, 1.807) is 36.4 Å². The summed E-state index contributed by atoms with van der Waals surface area (Å²) >= 11 is 0. The van der Waals surface area contributed by atoms with Crippen LogP contribution in [0.5, 0.6) is 0 Å². The monoisotopic (exact) mass is 382 g/mol. The summed E-state index contributed by atoms with van der Waals surface area (Å²) in [5.74, 6) is -1.25. The summed E-state index contributed by atoms with van der Waals surface area (Å²) in [4.78, 5) is 36.4. The van der Waals surface area contributed by atoms with Gasteiger partial charge in [0, 0.05) is 23.1 Å². The van der Waals surface area contributed by atoms with Gasteiger partial charge in [-0.1, -0.05) is 24.3 Å². The Morgan fingerprint density at radius 1 is 0.857 bits per heavy atom. The molecule has 0 radical (unpaired) electrons. The van der Waals surface area contributed by atoms with E-state index >= 15 is 0 Å². The van der Waals surface area contributed by atoms with Gasteiger partial charge in [-0.2, -0.15) is 0 Å². The van der Waals surface area contributed by atoms with Gasteiger partial charge in [-0.25, -0.2) is 4.39 Å². The van der Waals surface area contributed by atoms with Crippen LogP contribution in [0, 0.1) is 17.7 Å². The fourth-order valence-corrected chi connectivity index (χ4v) is 3.48. The van der Waals surface area contributed by atoms with Crippen molar-refractivity contribution in [1.29, 1.82) is 0 Å². The van der Waals surface area contributed by atoms with Gasteiger partial charge in [-0.3, -0.25) is 14.4 Å².